The van der Waals surface area contributed by atoms with Gasteiger partial charge in [0.1, 0.15) is 5.76 Å². The Balaban J connectivity index is 2.34. The third-order valence-electron chi connectivity index (χ3n) is 3.74. The van der Waals surface area contributed by atoms with E-state index in [1.165, 1.54) is 4.90 Å². The highest BCUT2D eigenvalue weighted by molar-refractivity contribution is 5.75. The number of carbonyl (C=O) groups is 3. The molecule has 8 nitrogen and oxygen atoms in total. The minimum absolute atomic E-state index is 0.126. The van der Waals surface area contributed by atoms with E-state index in [-0.39, 0.29) is 37.5 Å². The van der Waals surface area contributed by atoms with Crippen molar-refractivity contribution in [3.8, 4) is 0 Å². The first-order chi connectivity index (χ1) is 13.1. The number of hydrogen-bond donors (Lipinski definition) is 1. The van der Waals surface area contributed by atoms with Gasteiger partial charge in [-0.1, -0.05) is 6.42 Å². The number of esters is 2. The summed E-state index contributed by atoms with van der Waals surface area (Å²) in [5, 5.41) is 2.84. The number of ether oxygens (including phenoxy) is 2. The molecular weight excluding hydrogens is 352 g/mol. The molecule has 0 aliphatic heterocycles. The van der Waals surface area contributed by atoms with E-state index in [4.69, 9.17) is 13.9 Å². The first kappa shape index (κ1) is 22.5. The van der Waals surface area contributed by atoms with Gasteiger partial charge >= 0.3 is 18.0 Å². The molecule has 0 aliphatic carbocycles. The summed E-state index contributed by atoms with van der Waals surface area (Å²) in [5.74, 6) is 0.113. The summed E-state index contributed by atoms with van der Waals surface area (Å²) in [5.41, 5.74) is 0. The number of furan rings is 1. The van der Waals surface area contributed by atoms with Crippen molar-refractivity contribution >= 4 is 18.0 Å². The van der Waals surface area contributed by atoms with Gasteiger partial charge in [-0.25, -0.2) is 4.79 Å². The highest BCUT2D eigenvalue weighted by Gasteiger charge is 2.16. The van der Waals surface area contributed by atoms with Crippen molar-refractivity contribution in [3.63, 3.8) is 0 Å². The molecular formula is C19H30N2O6. The molecule has 152 valence electrons. The van der Waals surface area contributed by atoms with E-state index < -0.39 is 0 Å². The highest BCUT2D eigenvalue weighted by Crippen LogP contribution is 2.07. The zero-order valence-corrected chi connectivity index (χ0v) is 16.2. The summed E-state index contributed by atoms with van der Waals surface area (Å²) < 4.78 is 15.1. The lowest BCUT2D eigenvalue weighted by molar-refractivity contribution is -0.144. The molecule has 0 bridgehead atoms. The maximum absolute atomic E-state index is 12.4. The van der Waals surface area contributed by atoms with Gasteiger partial charge in [0, 0.05) is 19.5 Å². The van der Waals surface area contributed by atoms with Gasteiger partial charge < -0.3 is 24.1 Å². The van der Waals surface area contributed by atoms with Crippen LogP contribution in [0.4, 0.5) is 4.79 Å². The number of nitrogens with zero attached hydrogens (tertiary/aromatic N) is 1. The van der Waals surface area contributed by atoms with E-state index in [1.807, 2.05) is 0 Å². The lowest BCUT2D eigenvalue weighted by Gasteiger charge is -2.21. The fourth-order valence-electron chi connectivity index (χ4n) is 2.41. The number of nitrogens with one attached hydrogen (secondary N) is 1. The quantitative estimate of drug-likeness (QED) is 0.416. The largest absolute Gasteiger partial charge is 0.467 e. The molecule has 0 spiro atoms. The second kappa shape index (κ2) is 13.7. The zero-order valence-electron chi connectivity index (χ0n) is 16.2. The van der Waals surface area contributed by atoms with Gasteiger partial charge in [-0.3, -0.25) is 9.59 Å². The van der Waals surface area contributed by atoms with Crippen LogP contribution in [0, 0.1) is 0 Å². The third kappa shape index (κ3) is 10.3. The van der Waals surface area contributed by atoms with E-state index in [2.05, 4.69) is 5.32 Å². The normalized spacial score (nSPS) is 10.3. The molecule has 27 heavy (non-hydrogen) atoms. The van der Waals surface area contributed by atoms with Gasteiger partial charge in [-0.2, -0.15) is 0 Å². The smallest absolute Gasteiger partial charge is 0.317 e. The van der Waals surface area contributed by atoms with Crippen molar-refractivity contribution in [1.29, 1.82) is 0 Å². The Morgan fingerprint density at radius 3 is 2.37 bits per heavy atom. The van der Waals surface area contributed by atoms with E-state index in [9.17, 15) is 14.4 Å². The third-order valence-corrected chi connectivity index (χ3v) is 3.74. The van der Waals surface area contributed by atoms with Crippen LogP contribution in [0.25, 0.3) is 0 Å². The molecule has 1 aromatic rings. The van der Waals surface area contributed by atoms with Crippen molar-refractivity contribution in [2.75, 3.05) is 26.3 Å². The maximum Gasteiger partial charge on any atom is 0.317 e. The van der Waals surface area contributed by atoms with Crippen molar-refractivity contribution in [1.82, 2.24) is 10.2 Å². The predicted octanol–water partition coefficient (Wildman–Crippen LogP) is 2.87. The van der Waals surface area contributed by atoms with E-state index >= 15 is 0 Å². The maximum atomic E-state index is 12.4. The molecule has 0 atom stereocenters. The predicted molar refractivity (Wildman–Crippen MR) is 98.9 cm³/mol. The summed E-state index contributed by atoms with van der Waals surface area (Å²) >= 11 is 0. The molecule has 1 rings (SSSR count). The van der Waals surface area contributed by atoms with Crippen LogP contribution in [0.5, 0.6) is 0 Å². The topological polar surface area (TPSA) is 98.1 Å². The number of hydrogen-bond acceptors (Lipinski definition) is 6. The Morgan fingerprint density at radius 1 is 1.04 bits per heavy atom. The van der Waals surface area contributed by atoms with Crippen LogP contribution in [0.1, 0.15) is 51.7 Å². The fraction of sp³-hybridized carbons (Fsp3) is 0.632. The van der Waals surface area contributed by atoms with Crippen LogP contribution in [0.3, 0.4) is 0 Å². The molecule has 2 amide bonds. The Morgan fingerprint density at radius 2 is 1.74 bits per heavy atom. The van der Waals surface area contributed by atoms with E-state index in [0.29, 0.717) is 31.9 Å². The van der Waals surface area contributed by atoms with Crippen molar-refractivity contribution < 1.29 is 28.3 Å². The summed E-state index contributed by atoms with van der Waals surface area (Å²) in [6.45, 7) is 5.25. The van der Waals surface area contributed by atoms with Gasteiger partial charge in [0.15, 0.2) is 0 Å². The van der Waals surface area contributed by atoms with Gasteiger partial charge in [0.25, 0.3) is 0 Å². The average Bonchev–Trinajstić information content (AvgIpc) is 3.15. The van der Waals surface area contributed by atoms with Crippen LogP contribution < -0.4 is 5.32 Å². The number of urea groups is 1. The first-order valence-electron chi connectivity index (χ1n) is 9.43. The molecule has 0 radical (unpaired) electrons. The van der Waals surface area contributed by atoms with E-state index in [0.717, 1.165) is 19.3 Å². The van der Waals surface area contributed by atoms with Crippen LogP contribution in [0.15, 0.2) is 22.8 Å². The molecule has 0 fully saturated rings. The standard InChI is InChI=1S/C19H30N2O6/c1-3-25-17(22)10-6-5-7-12-20-19(24)21(13-11-18(23)26-4-2)15-16-9-8-14-27-16/h8-9,14H,3-7,10-13,15H2,1-2H3,(H,20,24). The van der Waals surface area contributed by atoms with E-state index in [1.54, 1.807) is 32.2 Å². The molecule has 1 N–H and O–H groups in total. The van der Waals surface area contributed by atoms with Crippen LogP contribution in [0.2, 0.25) is 0 Å². The minimum atomic E-state index is -0.339. The molecule has 0 saturated carbocycles. The van der Waals surface area contributed by atoms with Gasteiger partial charge in [0.2, 0.25) is 0 Å². The summed E-state index contributed by atoms with van der Waals surface area (Å²) in [4.78, 5) is 36.8. The average molecular weight is 382 g/mol. The number of rotatable bonds is 13. The number of unbranched alkanes of at least 4 members (excludes halogenated alkanes) is 2. The molecule has 0 saturated heterocycles. The SMILES string of the molecule is CCOC(=O)CCCCCNC(=O)N(CCC(=O)OCC)Cc1ccco1. The Kier molecular flexibility index (Phi) is 11.4. The fourth-order valence-corrected chi connectivity index (χ4v) is 2.41. The Labute approximate surface area is 160 Å². The second-order valence-corrected chi connectivity index (χ2v) is 5.90. The highest BCUT2D eigenvalue weighted by atomic mass is 16.5. The van der Waals surface area contributed by atoms with Crippen molar-refractivity contribution in [3.05, 3.63) is 24.2 Å². The second-order valence-electron chi connectivity index (χ2n) is 5.90. The van der Waals surface area contributed by atoms with Crippen LogP contribution in [-0.4, -0.2) is 49.2 Å². The van der Waals surface area contributed by atoms with Crippen LogP contribution >= 0.6 is 0 Å². The van der Waals surface area contributed by atoms with Gasteiger partial charge in [-0.05, 0) is 38.8 Å². The van der Waals surface area contributed by atoms with Gasteiger partial charge in [0.05, 0.1) is 32.4 Å². The molecule has 8 heteroatoms. The van der Waals surface area contributed by atoms with Crippen LogP contribution in [-0.2, 0) is 25.6 Å². The Bertz CT molecular complexity index is 559. The molecule has 0 aromatic carbocycles. The summed E-state index contributed by atoms with van der Waals surface area (Å²) in [6.07, 6.45) is 4.37. The zero-order chi connectivity index (χ0) is 19.9. The first-order valence-corrected chi connectivity index (χ1v) is 9.43. The monoisotopic (exact) mass is 382 g/mol. The minimum Gasteiger partial charge on any atom is -0.467 e. The Hall–Kier alpha value is -2.51. The number of amides is 2. The van der Waals surface area contributed by atoms with Gasteiger partial charge in [-0.15, -0.1) is 0 Å². The molecule has 1 heterocycles. The summed E-state index contributed by atoms with van der Waals surface area (Å²) in [6, 6.07) is 3.27. The summed E-state index contributed by atoms with van der Waals surface area (Å²) in [7, 11) is 0. The lowest BCUT2D eigenvalue weighted by Crippen LogP contribution is -2.41. The lowest BCUT2D eigenvalue weighted by atomic mass is 10.2. The molecule has 0 aliphatic rings. The number of carbonyl (C=O) groups excluding carboxylic acids is 3. The van der Waals surface area contributed by atoms with Crippen molar-refractivity contribution in [2.45, 2.75) is 52.5 Å². The molecule has 1 aromatic heterocycles. The molecule has 0 unspecified atom stereocenters. The van der Waals surface area contributed by atoms with Crippen molar-refractivity contribution in [2.24, 2.45) is 0 Å².